The van der Waals surface area contributed by atoms with Crippen molar-refractivity contribution in [3.8, 4) is 0 Å². The van der Waals surface area contributed by atoms with Crippen LogP contribution in [0.5, 0.6) is 0 Å². The molecule has 2 aromatic carbocycles. The van der Waals surface area contributed by atoms with E-state index in [4.69, 9.17) is 0 Å². The highest BCUT2D eigenvalue weighted by molar-refractivity contribution is 7.91. The summed E-state index contributed by atoms with van der Waals surface area (Å²) in [5.74, 6) is -4.46. The second-order valence-electron chi connectivity index (χ2n) is 5.36. The van der Waals surface area contributed by atoms with Gasteiger partial charge in [0.1, 0.15) is 0 Å². The molecule has 5 nitrogen and oxygen atoms in total. The zero-order valence-electron chi connectivity index (χ0n) is 13.1. The number of carbonyl (C=O) groups is 1. The summed E-state index contributed by atoms with van der Waals surface area (Å²) < 4.78 is 48.8. The van der Waals surface area contributed by atoms with E-state index in [1.54, 1.807) is 0 Å². The fraction of sp³-hybridized carbons (Fsp3) is 0.235. The third-order valence-electron chi connectivity index (χ3n) is 3.49. The smallest absolute Gasteiger partial charge is 0.341 e. The Kier molecular flexibility index (Phi) is 6.22. The molecule has 0 bridgehead atoms. The standard InChI is InChI=1S/C17H17F2NO4S/c18-17(19)25(23,24)15-9-5-4-8-14(15)16(22)20-11-13(21)10-12-6-2-1-3-7-12/h1-9,13,17,21H,10-11H2,(H,20,22)/t13-/m1/s1. The first-order chi connectivity index (χ1) is 11.8. The maximum Gasteiger partial charge on any atom is 0.341 e. The molecule has 0 aliphatic heterocycles. The molecule has 134 valence electrons. The lowest BCUT2D eigenvalue weighted by molar-refractivity contribution is 0.0912. The van der Waals surface area contributed by atoms with E-state index in [2.05, 4.69) is 5.32 Å². The van der Waals surface area contributed by atoms with E-state index in [1.807, 2.05) is 30.3 Å². The summed E-state index contributed by atoms with van der Waals surface area (Å²) >= 11 is 0. The number of hydrogen-bond donors (Lipinski definition) is 2. The summed E-state index contributed by atoms with van der Waals surface area (Å²) in [4.78, 5) is 11.4. The lowest BCUT2D eigenvalue weighted by Crippen LogP contribution is -2.34. The first kappa shape index (κ1) is 19.0. The summed E-state index contributed by atoms with van der Waals surface area (Å²) in [5.41, 5.74) is 0.486. The Balaban J connectivity index is 2.07. The molecule has 2 rings (SSSR count). The Morgan fingerprint density at radius 3 is 2.28 bits per heavy atom. The molecule has 0 radical (unpaired) electrons. The molecule has 0 saturated heterocycles. The Morgan fingerprint density at radius 1 is 1.04 bits per heavy atom. The zero-order chi connectivity index (χ0) is 18.4. The topological polar surface area (TPSA) is 83.5 Å². The quantitative estimate of drug-likeness (QED) is 0.782. The van der Waals surface area contributed by atoms with Crippen LogP contribution in [-0.4, -0.2) is 37.8 Å². The molecular formula is C17H17F2NO4S. The number of aliphatic hydroxyl groups excluding tert-OH is 1. The van der Waals surface area contributed by atoms with Crippen LogP contribution < -0.4 is 5.32 Å². The van der Waals surface area contributed by atoms with E-state index in [0.29, 0.717) is 0 Å². The van der Waals surface area contributed by atoms with Gasteiger partial charge in [0.25, 0.3) is 5.91 Å². The number of hydrogen-bond acceptors (Lipinski definition) is 4. The van der Waals surface area contributed by atoms with Crippen molar-refractivity contribution in [3.63, 3.8) is 0 Å². The van der Waals surface area contributed by atoms with Crippen LogP contribution in [-0.2, 0) is 16.3 Å². The van der Waals surface area contributed by atoms with Crippen LogP contribution in [0.2, 0.25) is 0 Å². The van der Waals surface area contributed by atoms with Crippen molar-refractivity contribution < 1.29 is 27.1 Å². The molecule has 0 saturated carbocycles. The molecule has 2 N–H and O–H groups in total. The number of sulfone groups is 1. The van der Waals surface area contributed by atoms with Gasteiger partial charge < -0.3 is 10.4 Å². The van der Waals surface area contributed by atoms with E-state index in [9.17, 15) is 27.1 Å². The Labute approximate surface area is 144 Å². The van der Waals surface area contributed by atoms with Crippen LogP contribution in [0.4, 0.5) is 8.78 Å². The Morgan fingerprint density at radius 2 is 1.64 bits per heavy atom. The number of rotatable bonds is 7. The van der Waals surface area contributed by atoms with Crippen LogP contribution in [0.15, 0.2) is 59.5 Å². The molecule has 0 aliphatic carbocycles. The number of alkyl halides is 2. The summed E-state index contributed by atoms with van der Waals surface area (Å²) in [5, 5.41) is 12.3. The van der Waals surface area contributed by atoms with Gasteiger partial charge in [-0.15, -0.1) is 0 Å². The summed E-state index contributed by atoms with van der Waals surface area (Å²) in [7, 11) is -4.90. The Hall–Kier alpha value is -2.32. The molecule has 8 heteroatoms. The molecule has 0 fully saturated rings. The maximum atomic E-state index is 12.7. The van der Waals surface area contributed by atoms with Gasteiger partial charge in [0.05, 0.1) is 16.6 Å². The fourth-order valence-electron chi connectivity index (χ4n) is 2.26. The third kappa shape index (κ3) is 4.83. The van der Waals surface area contributed by atoms with Crippen molar-refractivity contribution in [2.24, 2.45) is 0 Å². The number of aliphatic hydroxyl groups is 1. The minimum Gasteiger partial charge on any atom is -0.391 e. The molecule has 2 aromatic rings. The van der Waals surface area contributed by atoms with Crippen molar-refractivity contribution >= 4 is 15.7 Å². The van der Waals surface area contributed by atoms with Gasteiger partial charge in [0.15, 0.2) is 0 Å². The van der Waals surface area contributed by atoms with Crippen LogP contribution in [0, 0.1) is 0 Å². The lowest BCUT2D eigenvalue weighted by atomic mass is 10.1. The normalized spacial score (nSPS) is 12.8. The highest BCUT2D eigenvalue weighted by Gasteiger charge is 2.30. The van der Waals surface area contributed by atoms with E-state index >= 15 is 0 Å². The van der Waals surface area contributed by atoms with E-state index < -0.39 is 32.5 Å². The Bertz CT molecular complexity index is 826. The molecule has 0 aliphatic rings. The number of amides is 1. The zero-order valence-corrected chi connectivity index (χ0v) is 13.9. The molecule has 0 spiro atoms. The molecule has 0 unspecified atom stereocenters. The van der Waals surface area contributed by atoms with Gasteiger partial charge in [0.2, 0.25) is 9.84 Å². The number of benzene rings is 2. The van der Waals surface area contributed by atoms with Gasteiger partial charge in [-0.25, -0.2) is 8.42 Å². The van der Waals surface area contributed by atoms with Crippen LogP contribution in [0.3, 0.4) is 0 Å². The predicted molar refractivity (Wildman–Crippen MR) is 88.1 cm³/mol. The average molecular weight is 369 g/mol. The largest absolute Gasteiger partial charge is 0.391 e. The van der Waals surface area contributed by atoms with Crippen molar-refractivity contribution in [1.82, 2.24) is 5.32 Å². The van der Waals surface area contributed by atoms with Crippen LogP contribution >= 0.6 is 0 Å². The molecular weight excluding hydrogens is 352 g/mol. The fourth-order valence-corrected chi connectivity index (χ4v) is 3.19. The maximum absolute atomic E-state index is 12.7. The van der Waals surface area contributed by atoms with E-state index in [1.165, 1.54) is 12.1 Å². The molecule has 1 amide bonds. The van der Waals surface area contributed by atoms with Gasteiger partial charge in [0, 0.05) is 13.0 Å². The minimum absolute atomic E-state index is 0.142. The second kappa shape index (κ2) is 8.17. The first-order valence-electron chi connectivity index (χ1n) is 7.43. The minimum atomic E-state index is -4.90. The monoisotopic (exact) mass is 369 g/mol. The van der Waals surface area contributed by atoms with Gasteiger partial charge in [-0.1, -0.05) is 42.5 Å². The third-order valence-corrected chi connectivity index (χ3v) is 4.92. The molecule has 25 heavy (non-hydrogen) atoms. The highest BCUT2D eigenvalue weighted by Crippen LogP contribution is 2.22. The SMILES string of the molecule is O=C(NC[C@H](O)Cc1ccccc1)c1ccccc1S(=O)(=O)C(F)F. The lowest BCUT2D eigenvalue weighted by Gasteiger charge is -2.14. The van der Waals surface area contributed by atoms with Crippen molar-refractivity contribution in [2.75, 3.05) is 6.54 Å². The average Bonchev–Trinajstić information content (AvgIpc) is 2.60. The molecule has 0 heterocycles. The van der Waals surface area contributed by atoms with E-state index in [-0.39, 0.29) is 18.5 Å². The highest BCUT2D eigenvalue weighted by atomic mass is 32.2. The summed E-state index contributed by atoms with van der Waals surface area (Å²) in [6.07, 6.45) is -0.608. The summed E-state index contributed by atoms with van der Waals surface area (Å²) in [6.45, 7) is -0.142. The van der Waals surface area contributed by atoms with Crippen molar-refractivity contribution in [1.29, 1.82) is 0 Å². The van der Waals surface area contributed by atoms with Crippen LogP contribution in [0.25, 0.3) is 0 Å². The van der Waals surface area contributed by atoms with Gasteiger partial charge >= 0.3 is 5.76 Å². The van der Waals surface area contributed by atoms with Gasteiger partial charge in [-0.05, 0) is 17.7 Å². The predicted octanol–water partition coefficient (Wildman–Crippen LogP) is 2.02. The number of nitrogens with one attached hydrogen (secondary N) is 1. The van der Waals surface area contributed by atoms with Crippen molar-refractivity contribution in [2.45, 2.75) is 23.2 Å². The van der Waals surface area contributed by atoms with Gasteiger partial charge in [-0.3, -0.25) is 4.79 Å². The molecule has 1 atom stereocenters. The number of halogens is 2. The number of carbonyl (C=O) groups excluding carboxylic acids is 1. The molecule has 0 aromatic heterocycles. The first-order valence-corrected chi connectivity index (χ1v) is 8.98. The van der Waals surface area contributed by atoms with Crippen molar-refractivity contribution in [3.05, 3.63) is 65.7 Å². The van der Waals surface area contributed by atoms with E-state index in [0.717, 1.165) is 17.7 Å². The van der Waals surface area contributed by atoms with Crippen LogP contribution in [0.1, 0.15) is 15.9 Å². The summed E-state index contributed by atoms with van der Waals surface area (Å²) in [6, 6.07) is 13.8. The second-order valence-corrected chi connectivity index (χ2v) is 7.24. The van der Waals surface area contributed by atoms with Gasteiger partial charge in [-0.2, -0.15) is 8.78 Å².